The van der Waals surface area contributed by atoms with Crippen molar-refractivity contribution in [1.29, 1.82) is 0 Å². The molecule has 95 heavy (non-hydrogen) atoms. The number of carbonyl (C=O) groups is 2. The minimum absolute atomic E-state index is 0.00940. The maximum Gasteiger partial charge on any atom is 0.305 e. The number of hydrogen-bond donors (Lipinski definition) is 3. The molecule has 0 aliphatic rings. The third-order valence-corrected chi connectivity index (χ3v) is 20.3. The van der Waals surface area contributed by atoms with Crippen molar-refractivity contribution in [2.24, 2.45) is 0 Å². The fourth-order valence-corrected chi connectivity index (χ4v) is 13.7. The first-order valence-corrected chi connectivity index (χ1v) is 43.4. The van der Waals surface area contributed by atoms with Crippen LogP contribution in [-0.4, -0.2) is 47.4 Å². The minimum atomic E-state index is -0.843. The van der Waals surface area contributed by atoms with E-state index in [1.807, 2.05) is 6.08 Å². The molecule has 3 N–H and O–H groups in total. The van der Waals surface area contributed by atoms with Crippen LogP contribution in [0.2, 0.25) is 0 Å². The standard InChI is InChI=1S/C89H169NO5/c1-3-5-7-9-11-13-15-17-19-21-22-23-41-44-47-50-53-57-61-65-69-73-77-81-87(92)86(85-91)90-88(93)82-78-74-70-66-62-58-54-51-48-45-42-39-37-35-33-31-29-27-25-24-26-28-30-32-34-36-38-40-43-46-49-52-56-60-64-68-72-76-80-84-95-89(94)83-79-75-71-67-63-59-55-20-18-16-14-12-10-8-6-4-2/h14,16,20,24-25,55,77,81,86-87,91-92H,3-13,15,17-19,21-23,26-54,56-76,78-80,82-85H2,1-2H3,(H,90,93)/b16-14-,25-24-,55-20-,81-77+. The van der Waals surface area contributed by atoms with Gasteiger partial charge in [-0.15, -0.1) is 0 Å². The van der Waals surface area contributed by atoms with E-state index in [1.165, 1.54) is 405 Å². The first-order valence-electron chi connectivity index (χ1n) is 43.4. The Balaban J connectivity index is 3.35. The summed E-state index contributed by atoms with van der Waals surface area (Å²) in [6.07, 6.45) is 113. The largest absolute Gasteiger partial charge is 0.466 e. The summed E-state index contributed by atoms with van der Waals surface area (Å²) in [5, 5.41) is 23.3. The number of ether oxygens (including phenoxy) is 1. The highest BCUT2D eigenvalue weighted by atomic mass is 16.5. The first kappa shape index (κ1) is 92.8. The molecule has 0 saturated heterocycles. The lowest BCUT2D eigenvalue weighted by Crippen LogP contribution is -2.45. The van der Waals surface area contributed by atoms with Gasteiger partial charge >= 0.3 is 5.97 Å². The summed E-state index contributed by atoms with van der Waals surface area (Å²) in [5.41, 5.74) is 0. The average molecular weight is 1330 g/mol. The van der Waals surface area contributed by atoms with E-state index in [1.54, 1.807) is 6.08 Å². The topological polar surface area (TPSA) is 95.9 Å². The van der Waals surface area contributed by atoms with Gasteiger partial charge in [0, 0.05) is 12.8 Å². The predicted molar refractivity (Wildman–Crippen MR) is 421 cm³/mol. The lowest BCUT2D eigenvalue weighted by Gasteiger charge is -2.20. The molecule has 0 rings (SSSR count). The van der Waals surface area contributed by atoms with E-state index in [9.17, 15) is 19.8 Å². The molecule has 0 aliphatic heterocycles. The van der Waals surface area contributed by atoms with Gasteiger partial charge in [-0.1, -0.05) is 428 Å². The Morgan fingerprint density at radius 2 is 0.526 bits per heavy atom. The lowest BCUT2D eigenvalue weighted by atomic mass is 10.0. The normalized spacial score (nSPS) is 12.7. The smallest absolute Gasteiger partial charge is 0.305 e. The molecule has 0 aliphatic carbocycles. The van der Waals surface area contributed by atoms with Crippen LogP contribution in [0.1, 0.15) is 483 Å². The number of aliphatic hydroxyl groups excluding tert-OH is 2. The van der Waals surface area contributed by atoms with Gasteiger partial charge in [0.05, 0.1) is 25.4 Å². The highest BCUT2D eigenvalue weighted by molar-refractivity contribution is 5.76. The molecule has 0 bridgehead atoms. The summed E-state index contributed by atoms with van der Waals surface area (Å²) in [6, 6.07) is -0.626. The Labute approximate surface area is 595 Å². The van der Waals surface area contributed by atoms with Crippen molar-refractivity contribution in [1.82, 2.24) is 5.32 Å². The maximum absolute atomic E-state index is 12.6. The van der Waals surface area contributed by atoms with Crippen LogP contribution in [0.4, 0.5) is 0 Å². The van der Waals surface area contributed by atoms with Gasteiger partial charge in [0.2, 0.25) is 5.91 Å². The van der Waals surface area contributed by atoms with Gasteiger partial charge < -0.3 is 20.3 Å². The van der Waals surface area contributed by atoms with E-state index in [0.717, 1.165) is 51.4 Å². The summed E-state index contributed by atoms with van der Waals surface area (Å²) < 4.78 is 5.50. The van der Waals surface area contributed by atoms with Crippen LogP contribution in [0, 0.1) is 0 Å². The van der Waals surface area contributed by atoms with Crippen molar-refractivity contribution in [2.75, 3.05) is 13.2 Å². The average Bonchev–Trinajstić information content (AvgIpc) is 3.06. The molecule has 2 atom stereocenters. The van der Waals surface area contributed by atoms with Crippen molar-refractivity contribution in [3.8, 4) is 0 Å². The molecule has 0 aromatic rings. The number of hydrogen-bond acceptors (Lipinski definition) is 5. The summed E-state index contributed by atoms with van der Waals surface area (Å²) in [7, 11) is 0. The van der Waals surface area contributed by atoms with Crippen molar-refractivity contribution < 1.29 is 24.5 Å². The van der Waals surface area contributed by atoms with Gasteiger partial charge in [-0.25, -0.2) is 0 Å². The number of carbonyl (C=O) groups excluding carboxylic acids is 2. The van der Waals surface area contributed by atoms with Crippen molar-refractivity contribution in [2.45, 2.75) is 495 Å². The van der Waals surface area contributed by atoms with Crippen molar-refractivity contribution in [3.63, 3.8) is 0 Å². The summed E-state index contributed by atoms with van der Waals surface area (Å²) in [6.45, 7) is 4.93. The molecule has 0 saturated carbocycles. The summed E-state index contributed by atoms with van der Waals surface area (Å²) in [5.74, 6) is -0.0492. The zero-order valence-corrected chi connectivity index (χ0v) is 64.4. The van der Waals surface area contributed by atoms with Crippen LogP contribution in [0.5, 0.6) is 0 Å². The van der Waals surface area contributed by atoms with Crippen LogP contribution >= 0.6 is 0 Å². The molecule has 1 amide bonds. The second kappa shape index (κ2) is 84.2. The van der Waals surface area contributed by atoms with E-state index in [4.69, 9.17) is 4.74 Å². The molecule has 6 nitrogen and oxygen atoms in total. The number of allylic oxidation sites excluding steroid dienone is 7. The van der Waals surface area contributed by atoms with Crippen LogP contribution < -0.4 is 5.32 Å². The third kappa shape index (κ3) is 80.7. The van der Waals surface area contributed by atoms with Crippen LogP contribution in [0.15, 0.2) is 48.6 Å². The highest BCUT2D eigenvalue weighted by Gasteiger charge is 2.18. The molecule has 560 valence electrons. The van der Waals surface area contributed by atoms with Gasteiger partial charge in [0.15, 0.2) is 0 Å². The zero-order chi connectivity index (χ0) is 68.4. The number of amides is 1. The number of rotatable bonds is 82. The van der Waals surface area contributed by atoms with Gasteiger partial charge in [-0.05, 0) is 89.9 Å². The highest BCUT2D eigenvalue weighted by Crippen LogP contribution is 2.20. The molecule has 0 aromatic carbocycles. The predicted octanol–water partition coefficient (Wildman–Crippen LogP) is 29.1. The number of unbranched alkanes of at least 4 members (excludes halogenated alkanes) is 65. The van der Waals surface area contributed by atoms with E-state index in [0.29, 0.717) is 19.4 Å². The molecule has 0 radical (unpaired) electrons. The van der Waals surface area contributed by atoms with E-state index in [-0.39, 0.29) is 18.5 Å². The summed E-state index contributed by atoms with van der Waals surface area (Å²) >= 11 is 0. The Morgan fingerprint density at radius 3 is 0.821 bits per heavy atom. The molecule has 0 fully saturated rings. The minimum Gasteiger partial charge on any atom is -0.466 e. The van der Waals surface area contributed by atoms with Gasteiger partial charge in [-0.2, -0.15) is 0 Å². The second-order valence-corrected chi connectivity index (χ2v) is 29.9. The van der Waals surface area contributed by atoms with Crippen molar-refractivity contribution >= 4 is 11.9 Å². The Kier molecular flexibility index (Phi) is 82.3. The number of aliphatic hydroxyl groups is 2. The third-order valence-electron chi connectivity index (χ3n) is 20.3. The first-order chi connectivity index (χ1) is 47.0. The fraction of sp³-hybridized carbons (Fsp3) is 0.888. The van der Waals surface area contributed by atoms with Gasteiger partial charge in [0.25, 0.3) is 0 Å². The Morgan fingerprint density at radius 1 is 0.295 bits per heavy atom. The quantitative estimate of drug-likeness (QED) is 0.0320. The SMILES string of the molecule is CCCCCC/C=C\C/C=C\CCCCCCCC(=O)OCCCCCCCCCCCCCCCCCCCC/C=C\CCCCCCCCCCCCCCCCCCCC(=O)NC(CO)C(O)/C=C/CCCCCCCCCCCCCCCCCCCCCCC. The van der Waals surface area contributed by atoms with Gasteiger partial charge in [0.1, 0.15) is 0 Å². The lowest BCUT2D eigenvalue weighted by molar-refractivity contribution is -0.143. The Bertz CT molecular complexity index is 1590. The molecular formula is C89H169NO5. The van der Waals surface area contributed by atoms with Crippen LogP contribution in [0.25, 0.3) is 0 Å². The summed E-state index contributed by atoms with van der Waals surface area (Å²) in [4.78, 5) is 24.7. The maximum atomic E-state index is 12.6. The van der Waals surface area contributed by atoms with E-state index < -0.39 is 12.1 Å². The monoisotopic (exact) mass is 1330 g/mol. The Hall–Kier alpha value is -2.18. The zero-order valence-electron chi connectivity index (χ0n) is 64.4. The molecular weight excluding hydrogens is 1160 g/mol. The number of esters is 1. The van der Waals surface area contributed by atoms with Crippen LogP contribution in [0.3, 0.4) is 0 Å². The second-order valence-electron chi connectivity index (χ2n) is 29.9. The van der Waals surface area contributed by atoms with E-state index >= 15 is 0 Å². The van der Waals surface area contributed by atoms with Crippen LogP contribution in [-0.2, 0) is 14.3 Å². The van der Waals surface area contributed by atoms with Gasteiger partial charge in [-0.3, -0.25) is 9.59 Å². The molecule has 0 spiro atoms. The fourth-order valence-electron chi connectivity index (χ4n) is 13.7. The molecule has 0 aromatic heterocycles. The number of nitrogens with one attached hydrogen (secondary N) is 1. The van der Waals surface area contributed by atoms with Crippen molar-refractivity contribution in [3.05, 3.63) is 48.6 Å². The molecule has 0 heterocycles. The van der Waals surface area contributed by atoms with E-state index in [2.05, 4.69) is 55.6 Å². The molecule has 2 unspecified atom stereocenters. The molecule has 6 heteroatoms.